The average molecular weight is 289 g/mol. The number of aliphatic carboxylic acids is 1. The van der Waals surface area contributed by atoms with Crippen LogP contribution in [0.3, 0.4) is 0 Å². The number of carbonyl (C=O) groups excluding carboxylic acids is 3. The molecule has 2 N–H and O–H groups in total. The van der Waals surface area contributed by atoms with Crippen molar-refractivity contribution in [2.45, 2.75) is 33.2 Å². The number of carbonyl (C=O) groups is 3. The summed E-state index contributed by atoms with van der Waals surface area (Å²) >= 11 is 1.48. The lowest BCUT2D eigenvalue weighted by molar-refractivity contribution is -0.308. The van der Waals surface area contributed by atoms with Crippen LogP contribution in [0.4, 0.5) is 0 Å². The summed E-state index contributed by atoms with van der Waals surface area (Å²) in [5, 5.41) is 15.6. The molecule has 0 aliphatic carbocycles. The van der Waals surface area contributed by atoms with Gasteiger partial charge in [0.15, 0.2) is 0 Å². The largest absolute Gasteiger partial charge is 0.548 e. The second kappa shape index (κ2) is 8.04. The molecular formula is C12H21N2O4S-. The number of carboxylic acids is 1. The Kier molecular flexibility index (Phi) is 7.51. The van der Waals surface area contributed by atoms with Gasteiger partial charge in [-0.3, -0.25) is 9.59 Å². The molecular weight excluding hydrogens is 268 g/mol. The Morgan fingerprint density at radius 2 is 1.84 bits per heavy atom. The molecule has 7 heteroatoms. The normalized spacial score (nSPS) is 12.6. The van der Waals surface area contributed by atoms with Gasteiger partial charge in [-0.05, 0) is 18.4 Å². The highest BCUT2D eigenvalue weighted by Gasteiger charge is 2.22. The topological polar surface area (TPSA) is 98.3 Å². The first-order chi connectivity index (χ1) is 8.68. The van der Waals surface area contributed by atoms with Gasteiger partial charge in [0, 0.05) is 5.41 Å². The molecule has 0 rings (SSSR count). The smallest absolute Gasteiger partial charge is 0.239 e. The van der Waals surface area contributed by atoms with Crippen molar-refractivity contribution in [1.82, 2.24) is 10.6 Å². The molecule has 0 fully saturated rings. The molecule has 0 aliphatic rings. The number of amides is 2. The van der Waals surface area contributed by atoms with Crippen LogP contribution in [-0.4, -0.2) is 42.4 Å². The van der Waals surface area contributed by atoms with Crippen LogP contribution in [0.1, 0.15) is 27.2 Å². The van der Waals surface area contributed by atoms with Gasteiger partial charge in [0.2, 0.25) is 11.8 Å². The van der Waals surface area contributed by atoms with Gasteiger partial charge in [0.05, 0.1) is 18.6 Å². The molecule has 0 saturated carbocycles. The highest BCUT2D eigenvalue weighted by atomic mass is 32.2. The molecule has 0 unspecified atom stereocenters. The van der Waals surface area contributed by atoms with Crippen LogP contribution < -0.4 is 15.7 Å². The van der Waals surface area contributed by atoms with Crippen molar-refractivity contribution in [2.24, 2.45) is 5.41 Å². The van der Waals surface area contributed by atoms with Crippen molar-refractivity contribution < 1.29 is 19.5 Å². The predicted molar refractivity (Wildman–Crippen MR) is 72.4 cm³/mol. The third-order valence-corrected chi connectivity index (χ3v) is 2.97. The van der Waals surface area contributed by atoms with E-state index in [1.165, 1.54) is 11.8 Å². The third kappa shape index (κ3) is 7.71. The fourth-order valence-electron chi connectivity index (χ4n) is 1.16. The second-order valence-corrected chi connectivity index (χ2v) is 6.14. The lowest BCUT2D eigenvalue weighted by atomic mass is 9.96. The molecule has 1 atom stereocenters. The van der Waals surface area contributed by atoms with E-state index in [0.29, 0.717) is 12.2 Å². The zero-order valence-electron chi connectivity index (χ0n) is 11.7. The van der Waals surface area contributed by atoms with Crippen molar-refractivity contribution in [3.8, 4) is 0 Å². The molecule has 6 nitrogen and oxygen atoms in total. The Morgan fingerprint density at radius 1 is 1.26 bits per heavy atom. The van der Waals surface area contributed by atoms with Gasteiger partial charge >= 0.3 is 0 Å². The van der Waals surface area contributed by atoms with Crippen molar-refractivity contribution in [3.05, 3.63) is 0 Å². The van der Waals surface area contributed by atoms with E-state index >= 15 is 0 Å². The Hall–Kier alpha value is -1.24. The molecule has 0 aromatic rings. The lowest BCUT2D eigenvalue weighted by Gasteiger charge is -2.21. The summed E-state index contributed by atoms with van der Waals surface area (Å²) in [5.74, 6) is -1.51. The summed E-state index contributed by atoms with van der Waals surface area (Å²) in [6, 6.07) is -1.02. The molecule has 110 valence electrons. The summed E-state index contributed by atoms with van der Waals surface area (Å²) in [6.07, 6.45) is 2.14. The summed E-state index contributed by atoms with van der Waals surface area (Å²) in [7, 11) is 0. The number of carboxylic acid groups (broad SMARTS) is 1. The van der Waals surface area contributed by atoms with Gasteiger partial charge in [-0.2, -0.15) is 11.8 Å². The predicted octanol–water partition coefficient (Wildman–Crippen LogP) is -0.863. The van der Waals surface area contributed by atoms with Gasteiger partial charge < -0.3 is 20.5 Å². The zero-order valence-corrected chi connectivity index (χ0v) is 12.6. The van der Waals surface area contributed by atoms with Gasteiger partial charge in [0.1, 0.15) is 0 Å². The minimum absolute atomic E-state index is 0.237. The number of hydrogen-bond donors (Lipinski definition) is 2. The average Bonchev–Trinajstić information content (AvgIpc) is 2.29. The van der Waals surface area contributed by atoms with E-state index < -0.39 is 23.3 Å². The maximum absolute atomic E-state index is 11.5. The number of hydrogen-bond acceptors (Lipinski definition) is 5. The molecule has 2 amide bonds. The van der Waals surface area contributed by atoms with Crippen LogP contribution in [0, 0.1) is 5.41 Å². The van der Waals surface area contributed by atoms with Crippen LogP contribution in [0.15, 0.2) is 0 Å². The summed E-state index contributed by atoms with van der Waals surface area (Å²) in [5.41, 5.74) is -0.590. The molecule has 0 aliphatic heterocycles. The third-order valence-electron chi connectivity index (χ3n) is 2.32. The second-order valence-electron chi connectivity index (χ2n) is 5.15. The molecule has 0 bridgehead atoms. The standard InChI is InChI=1S/C12H22N2O4S/c1-12(2,3)11(18)13-7-9(15)14-8(10(16)17)5-6-19-4/h8H,5-7H2,1-4H3,(H,13,18)(H,14,15)(H,16,17)/p-1/t8-/m0/s1. The van der Waals surface area contributed by atoms with Gasteiger partial charge in [-0.25, -0.2) is 0 Å². The first-order valence-electron chi connectivity index (χ1n) is 5.96. The van der Waals surface area contributed by atoms with Crippen molar-refractivity contribution in [2.75, 3.05) is 18.6 Å². The first-order valence-corrected chi connectivity index (χ1v) is 7.35. The number of thioether (sulfide) groups is 1. The Balaban J connectivity index is 4.21. The highest BCUT2D eigenvalue weighted by Crippen LogP contribution is 2.11. The van der Waals surface area contributed by atoms with E-state index in [1.54, 1.807) is 20.8 Å². The van der Waals surface area contributed by atoms with E-state index in [9.17, 15) is 19.5 Å². The van der Waals surface area contributed by atoms with Gasteiger partial charge in [-0.1, -0.05) is 20.8 Å². The summed E-state index contributed by atoms with van der Waals surface area (Å²) < 4.78 is 0. The van der Waals surface area contributed by atoms with Crippen LogP contribution >= 0.6 is 11.8 Å². The van der Waals surface area contributed by atoms with E-state index in [1.807, 2.05) is 6.26 Å². The quantitative estimate of drug-likeness (QED) is 0.635. The van der Waals surface area contributed by atoms with Crippen LogP contribution in [0.2, 0.25) is 0 Å². The number of rotatable bonds is 7. The van der Waals surface area contributed by atoms with Crippen molar-refractivity contribution in [1.29, 1.82) is 0 Å². The molecule has 0 aromatic heterocycles. The fourth-order valence-corrected chi connectivity index (χ4v) is 1.63. The fraction of sp³-hybridized carbons (Fsp3) is 0.750. The monoisotopic (exact) mass is 289 g/mol. The Bertz CT molecular complexity index is 339. The van der Waals surface area contributed by atoms with E-state index in [4.69, 9.17) is 0 Å². The van der Waals surface area contributed by atoms with Gasteiger partial charge in [-0.15, -0.1) is 0 Å². The van der Waals surface area contributed by atoms with E-state index in [2.05, 4.69) is 10.6 Å². The van der Waals surface area contributed by atoms with Crippen LogP contribution in [0.25, 0.3) is 0 Å². The summed E-state index contributed by atoms with van der Waals surface area (Å²) in [4.78, 5) is 33.9. The Labute approximate surface area is 117 Å². The first kappa shape index (κ1) is 17.8. The molecule has 0 radical (unpaired) electrons. The molecule has 0 saturated heterocycles. The van der Waals surface area contributed by atoms with Crippen molar-refractivity contribution in [3.63, 3.8) is 0 Å². The maximum Gasteiger partial charge on any atom is 0.239 e. The minimum atomic E-state index is -1.32. The van der Waals surface area contributed by atoms with Gasteiger partial charge in [0.25, 0.3) is 0 Å². The van der Waals surface area contributed by atoms with Crippen LogP contribution in [-0.2, 0) is 14.4 Å². The van der Waals surface area contributed by atoms with E-state index in [-0.39, 0.29) is 12.5 Å². The Morgan fingerprint density at radius 3 is 2.26 bits per heavy atom. The highest BCUT2D eigenvalue weighted by molar-refractivity contribution is 7.98. The van der Waals surface area contributed by atoms with E-state index in [0.717, 1.165) is 0 Å². The molecule has 0 aromatic carbocycles. The number of nitrogens with one attached hydrogen (secondary N) is 2. The zero-order chi connectivity index (χ0) is 15.1. The molecule has 0 spiro atoms. The van der Waals surface area contributed by atoms with Crippen LogP contribution in [0.5, 0.6) is 0 Å². The molecule has 0 heterocycles. The minimum Gasteiger partial charge on any atom is -0.548 e. The molecule has 19 heavy (non-hydrogen) atoms. The maximum atomic E-state index is 11.5. The lowest BCUT2D eigenvalue weighted by Crippen LogP contribution is -2.51. The summed E-state index contributed by atoms with van der Waals surface area (Å²) in [6.45, 7) is 4.94. The SMILES string of the molecule is CSCC[C@H](NC(=O)CNC(=O)C(C)(C)C)C(=O)[O-]. The van der Waals surface area contributed by atoms with Crippen molar-refractivity contribution >= 4 is 29.5 Å².